The quantitative estimate of drug-likeness (QED) is 0.757. The van der Waals surface area contributed by atoms with Crippen molar-refractivity contribution < 1.29 is 20.1 Å². The molecule has 0 atom stereocenters. The molecule has 0 bridgehead atoms. The Morgan fingerprint density at radius 1 is 1.25 bits per heavy atom. The number of hydrogen-bond donors (Lipinski definition) is 1. The molecule has 2 heterocycles. The van der Waals surface area contributed by atoms with Crippen LogP contribution in [-0.2, 0) is 17.6 Å². The molecule has 1 N–H and O–H groups in total. The molecule has 1 aliphatic heterocycles. The summed E-state index contributed by atoms with van der Waals surface area (Å²) in [5.74, 6) is 0.0277. The summed E-state index contributed by atoms with van der Waals surface area (Å²) in [5.41, 5.74) is 4.23. The highest BCUT2D eigenvalue weighted by atomic mass is 35.5. The van der Waals surface area contributed by atoms with E-state index in [1.807, 2.05) is 12.1 Å². The van der Waals surface area contributed by atoms with E-state index in [0.29, 0.717) is 39.6 Å². The lowest BCUT2D eigenvalue weighted by atomic mass is 9.88. The summed E-state index contributed by atoms with van der Waals surface area (Å²) < 4.78 is 39.0. The number of aryl methyl sites for hydroxylation is 2. The van der Waals surface area contributed by atoms with Crippen molar-refractivity contribution in [1.29, 1.82) is 0 Å². The van der Waals surface area contributed by atoms with Crippen LogP contribution in [0.15, 0.2) is 36.0 Å². The predicted molar refractivity (Wildman–Crippen MR) is 109 cm³/mol. The lowest BCUT2D eigenvalue weighted by molar-refractivity contribution is 0.104. The standard InChI is InChI=1S/C22H23ClN2O3/c1-2-28-22(27)25-9-7-14(8-10-25)20-19-6-5-17(23)11-15(19)3-4-16-12-18(26)13-24-21(16)20/h5-6,11-13,26H,2-4,7-10H2,1H3/i9D2,10D2. The molecule has 1 aromatic carbocycles. The molecule has 28 heavy (non-hydrogen) atoms. The van der Waals surface area contributed by atoms with Gasteiger partial charge in [-0.1, -0.05) is 23.2 Å². The van der Waals surface area contributed by atoms with Crippen LogP contribution in [0.3, 0.4) is 0 Å². The smallest absolute Gasteiger partial charge is 0.409 e. The van der Waals surface area contributed by atoms with E-state index in [1.165, 1.54) is 6.20 Å². The van der Waals surface area contributed by atoms with Gasteiger partial charge in [0.1, 0.15) is 5.75 Å². The molecule has 4 rings (SSSR count). The summed E-state index contributed by atoms with van der Waals surface area (Å²) >= 11 is 6.22. The SMILES string of the molecule is [2H]C1([2H])CC(=C2c3ccc(Cl)cc3CCc3cc(O)cnc32)CC([2H])([2H])N1C(=O)OCC. The summed E-state index contributed by atoms with van der Waals surface area (Å²) in [6.45, 7) is -3.02. The molecular formula is C22H23ClN2O3. The van der Waals surface area contributed by atoms with Gasteiger partial charge in [-0.2, -0.15) is 0 Å². The fourth-order valence-electron chi connectivity index (χ4n) is 3.64. The fraction of sp³-hybridized carbons (Fsp3) is 0.364. The largest absolute Gasteiger partial charge is 0.506 e. The minimum Gasteiger partial charge on any atom is -0.506 e. The number of pyridine rings is 1. The number of likely N-dealkylation sites (tertiary alicyclic amines) is 1. The van der Waals surface area contributed by atoms with Crippen LogP contribution < -0.4 is 0 Å². The molecule has 146 valence electrons. The van der Waals surface area contributed by atoms with Gasteiger partial charge in [0.05, 0.1) is 18.5 Å². The number of fused-ring (bicyclic) bond motifs is 2. The molecule has 0 saturated carbocycles. The molecule has 1 aliphatic carbocycles. The number of carbonyl (C=O) groups excluding carboxylic acids is 1. The zero-order valence-corrected chi connectivity index (χ0v) is 16.2. The Hall–Kier alpha value is -2.53. The topological polar surface area (TPSA) is 62.7 Å². The molecule has 1 fully saturated rings. The molecule has 0 spiro atoms. The average molecular weight is 403 g/mol. The fourth-order valence-corrected chi connectivity index (χ4v) is 3.84. The number of amides is 1. The molecule has 6 heteroatoms. The lowest BCUT2D eigenvalue weighted by Gasteiger charge is -2.29. The molecule has 0 radical (unpaired) electrons. The Balaban J connectivity index is 1.94. The Morgan fingerprint density at radius 2 is 2.00 bits per heavy atom. The first-order valence-electron chi connectivity index (χ1n) is 11.2. The van der Waals surface area contributed by atoms with E-state index in [4.69, 9.17) is 21.8 Å². The van der Waals surface area contributed by atoms with Crippen LogP contribution in [0.5, 0.6) is 5.75 Å². The van der Waals surface area contributed by atoms with Crippen molar-refractivity contribution in [2.75, 3.05) is 19.6 Å². The van der Waals surface area contributed by atoms with Gasteiger partial charge in [-0.25, -0.2) is 4.79 Å². The van der Waals surface area contributed by atoms with Gasteiger partial charge in [0.25, 0.3) is 0 Å². The maximum atomic E-state index is 12.4. The van der Waals surface area contributed by atoms with Crippen LogP contribution in [0.25, 0.3) is 5.57 Å². The van der Waals surface area contributed by atoms with Gasteiger partial charge in [0.15, 0.2) is 0 Å². The van der Waals surface area contributed by atoms with Crippen molar-refractivity contribution >= 4 is 23.3 Å². The molecular weight excluding hydrogens is 376 g/mol. The highest BCUT2D eigenvalue weighted by molar-refractivity contribution is 6.30. The van der Waals surface area contributed by atoms with E-state index in [-0.39, 0.29) is 25.2 Å². The third kappa shape index (κ3) is 3.59. The Bertz CT molecular complexity index is 1040. The molecule has 1 aromatic heterocycles. The van der Waals surface area contributed by atoms with Gasteiger partial charge in [-0.15, -0.1) is 0 Å². The summed E-state index contributed by atoms with van der Waals surface area (Å²) in [7, 11) is 0. The van der Waals surface area contributed by atoms with Gasteiger partial charge in [0, 0.05) is 29.1 Å². The molecule has 2 aliphatic rings. The van der Waals surface area contributed by atoms with Crippen LogP contribution in [0.2, 0.25) is 5.02 Å². The number of carbonyl (C=O) groups is 1. The number of aromatic hydroxyl groups is 1. The molecule has 5 nitrogen and oxygen atoms in total. The predicted octanol–water partition coefficient (Wildman–Crippen LogP) is 4.59. The number of rotatable bonds is 1. The lowest BCUT2D eigenvalue weighted by Crippen LogP contribution is -2.37. The summed E-state index contributed by atoms with van der Waals surface area (Å²) in [6, 6.07) is 7.06. The number of ether oxygens (including phenoxy) is 1. The van der Waals surface area contributed by atoms with Gasteiger partial charge in [0.2, 0.25) is 0 Å². The van der Waals surface area contributed by atoms with E-state index in [2.05, 4.69) is 4.98 Å². The number of nitrogens with zero attached hydrogens (tertiary/aromatic N) is 2. The van der Waals surface area contributed by atoms with E-state index >= 15 is 0 Å². The normalized spacial score (nSPS) is 22.0. The van der Waals surface area contributed by atoms with Gasteiger partial charge in [-0.05, 0) is 67.5 Å². The van der Waals surface area contributed by atoms with Crippen molar-refractivity contribution in [3.05, 3.63) is 63.4 Å². The van der Waals surface area contributed by atoms with E-state index < -0.39 is 19.1 Å². The Kier molecular flexibility index (Phi) is 4.05. The van der Waals surface area contributed by atoms with E-state index in [1.54, 1.807) is 19.1 Å². The van der Waals surface area contributed by atoms with Crippen molar-refractivity contribution in [2.24, 2.45) is 0 Å². The zero-order valence-electron chi connectivity index (χ0n) is 19.5. The van der Waals surface area contributed by atoms with Crippen LogP contribution in [0.4, 0.5) is 4.79 Å². The maximum Gasteiger partial charge on any atom is 0.409 e. The minimum absolute atomic E-state index is 0.0182. The third-order valence-corrected chi connectivity index (χ3v) is 5.13. The Labute approximate surface area is 175 Å². The number of halogens is 1. The van der Waals surface area contributed by atoms with Gasteiger partial charge < -0.3 is 14.7 Å². The highest BCUT2D eigenvalue weighted by Gasteiger charge is 2.27. The van der Waals surface area contributed by atoms with Crippen molar-refractivity contribution in [3.63, 3.8) is 0 Å². The first-order valence-corrected chi connectivity index (χ1v) is 9.57. The first kappa shape index (κ1) is 14.5. The van der Waals surface area contributed by atoms with Gasteiger partial charge >= 0.3 is 6.09 Å². The number of hydrogen-bond acceptors (Lipinski definition) is 4. The van der Waals surface area contributed by atoms with Crippen molar-refractivity contribution in [1.82, 2.24) is 9.88 Å². The van der Waals surface area contributed by atoms with Crippen LogP contribution in [0.1, 0.15) is 47.6 Å². The molecule has 0 unspecified atom stereocenters. The zero-order chi connectivity index (χ0) is 23.3. The molecule has 1 saturated heterocycles. The monoisotopic (exact) mass is 402 g/mol. The van der Waals surface area contributed by atoms with Crippen LogP contribution in [-0.4, -0.2) is 40.7 Å². The van der Waals surface area contributed by atoms with Gasteiger partial charge in [-0.3, -0.25) is 4.98 Å². The first-order chi connectivity index (χ1) is 15.0. The second-order valence-corrected chi connectivity index (χ2v) is 7.12. The number of benzene rings is 1. The second-order valence-electron chi connectivity index (χ2n) is 6.69. The van der Waals surface area contributed by atoms with E-state index in [9.17, 15) is 9.90 Å². The molecule has 2 aromatic rings. The number of aromatic nitrogens is 1. The number of piperidine rings is 1. The van der Waals surface area contributed by atoms with Crippen molar-refractivity contribution in [2.45, 2.75) is 32.6 Å². The summed E-state index contributed by atoms with van der Waals surface area (Å²) in [6.07, 6.45) is 1.13. The van der Waals surface area contributed by atoms with Crippen LogP contribution in [0, 0.1) is 0 Å². The van der Waals surface area contributed by atoms with Crippen LogP contribution >= 0.6 is 11.6 Å². The summed E-state index contributed by atoms with van der Waals surface area (Å²) in [4.78, 5) is 17.4. The minimum atomic E-state index is -2.31. The summed E-state index contributed by atoms with van der Waals surface area (Å²) in [5, 5.41) is 10.5. The van der Waals surface area contributed by atoms with Crippen molar-refractivity contribution in [3.8, 4) is 5.75 Å². The average Bonchev–Trinajstić information content (AvgIpc) is 2.82. The van der Waals surface area contributed by atoms with E-state index in [0.717, 1.165) is 16.7 Å². The molecule has 1 amide bonds. The maximum absolute atomic E-state index is 12.4. The Morgan fingerprint density at radius 3 is 2.75 bits per heavy atom. The second kappa shape index (κ2) is 7.84. The highest BCUT2D eigenvalue weighted by Crippen LogP contribution is 2.39. The third-order valence-electron chi connectivity index (χ3n) is 4.89.